The van der Waals surface area contributed by atoms with Crippen LogP contribution < -0.4 is 15.4 Å². The summed E-state index contributed by atoms with van der Waals surface area (Å²) in [7, 11) is 0. The number of hydrogen-bond donors (Lipinski definition) is 2. The third-order valence-electron chi connectivity index (χ3n) is 3.30. The van der Waals surface area contributed by atoms with Crippen LogP contribution in [0.1, 0.15) is 43.6 Å². The molecule has 0 atom stereocenters. The molecule has 0 aliphatic rings. The predicted octanol–water partition coefficient (Wildman–Crippen LogP) is 3.75. The fourth-order valence-electron chi connectivity index (χ4n) is 2.27. The molecule has 0 bridgehead atoms. The maximum absolute atomic E-state index is 12.3. The summed E-state index contributed by atoms with van der Waals surface area (Å²) < 4.78 is 5.93. The van der Waals surface area contributed by atoms with E-state index in [-0.39, 0.29) is 17.4 Å². The van der Waals surface area contributed by atoms with Crippen LogP contribution >= 0.6 is 0 Å². The van der Waals surface area contributed by atoms with Gasteiger partial charge in [-0.2, -0.15) is 0 Å². The van der Waals surface area contributed by atoms with Gasteiger partial charge in [0.25, 0.3) is 5.91 Å². The molecule has 2 rings (SSSR count). The molecular formula is C20H24N2O3. The topological polar surface area (TPSA) is 67.4 Å². The molecule has 0 saturated heterocycles. The second-order valence-corrected chi connectivity index (χ2v) is 6.76. The number of nitrogens with one attached hydrogen (secondary N) is 2. The fourth-order valence-corrected chi connectivity index (χ4v) is 2.27. The van der Waals surface area contributed by atoms with Crippen LogP contribution in [0.3, 0.4) is 0 Å². The average Bonchev–Trinajstić information content (AvgIpc) is 2.52. The van der Waals surface area contributed by atoms with E-state index >= 15 is 0 Å². The van der Waals surface area contributed by atoms with E-state index < -0.39 is 0 Å². The number of amides is 2. The molecule has 0 unspecified atom stereocenters. The number of hydrogen-bond acceptors (Lipinski definition) is 3. The van der Waals surface area contributed by atoms with Crippen molar-refractivity contribution in [3.63, 3.8) is 0 Å². The zero-order valence-corrected chi connectivity index (χ0v) is 15.1. The first-order chi connectivity index (χ1) is 11.7. The van der Waals surface area contributed by atoms with Crippen molar-refractivity contribution in [1.29, 1.82) is 0 Å². The van der Waals surface area contributed by atoms with Crippen molar-refractivity contribution in [2.45, 2.75) is 39.8 Å². The van der Waals surface area contributed by atoms with Gasteiger partial charge in [-0.3, -0.25) is 9.59 Å². The lowest BCUT2D eigenvalue weighted by atomic mass is 10.1. The van der Waals surface area contributed by atoms with Crippen LogP contribution in [0.4, 0.5) is 5.69 Å². The number of benzene rings is 2. The Balaban J connectivity index is 2.01. The quantitative estimate of drug-likeness (QED) is 0.871. The minimum Gasteiger partial charge on any atom is -0.488 e. The first kappa shape index (κ1) is 18.5. The lowest BCUT2D eigenvalue weighted by Gasteiger charge is -2.23. The maximum atomic E-state index is 12.3. The molecule has 0 aliphatic carbocycles. The van der Waals surface area contributed by atoms with Gasteiger partial charge in [0.1, 0.15) is 11.4 Å². The van der Waals surface area contributed by atoms with E-state index in [1.54, 1.807) is 24.3 Å². The standard InChI is InChI=1S/C20H24N2O3/c1-14(23)22-17-11-9-15(10-12-17)19(24)21-13-16-7-5-6-8-18(16)25-20(2,3)4/h5-12H,13H2,1-4H3,(H,21,24)(H,22,23). The van der Waals surface area contributed by atoms with Gasteiger partial charge in [-0.1, -0.05) is 18.2 Å². The Labute approximate surface area is 148 Å². The minimum atomic E-state index is -0.306. The van der Waals surface area contributed by atoms with E-state index in [1.807, 2.05) is 45.0 Å². The molecule has 0 fully saturated rings. The highest BCUT2D eigenvalue weighted by molar-refractivity contribution is 5.95. The lowest BCUT2D eigenvalue weighted by Crippen LogP contribution is -2.26. The van der Waals surface area contributed by atoms with Gasteiger partial charge in [0.05, 0.1) is 0 Å². The van der Waals surface area contributed by atoms with Crippen LogP contribution in [0, 0.1) is 0 Å². The Morgan fingerprint density at radius 3 is 2.24 bits per heavy atom. The zero-order chi connectivity index (χ0) is 18.4. The molecule has 132 valence electrons. The van der Waals surface area contributed by atoms with Gasteiger partial charge < -0.3 is 15.4 Å². The molecule has 0 heterocycles. The molecule has 2 aromatic rings. The second kappa shape index (κ2) is 7.83. The van der Waals surface area contributed by atoms with Crippen molar-refractivity contribution in [1.82, 2.24) is 5.32 Å². The Morgan fingerprint density at radius 2 is 1.64 bits per heavy atom. The molecule has 5 heteroatoms. The molecule has 25 heavy (non-hydrogen) atoms. The Hall–Kier alpha value is -2.82. The van der Waals surface area contributed by atoms with Crippen molar-refractivity contribution >= 4 is 17.5 Å². The second-order valence-electron chi connectivity index (χ2n) is 6.76. The summed E-state index contributed by atoms with van der Waals surface area (Å²) >= 11 is 0. The van der Waals surface area contributed by atoms with Crippen molar-refractivity contribution in [2.75, 3.05) is 5.32 Å². The SMILES string of the molecule is CC(=O)Nc1ccc(C(=O)NCc2ccccc2OC(C)(C)C)cc1. The number of carbonyl (C=O) groups excluding carboxylic acids is 2. The maximum Gasteiger partial charge on any atom is 0.251 e. The highest BCUT2D eigenvalue weighted by atomic mass is 16.5. The van der Waals surface area contributed by atoms with E-state index in [0.717, 1.165) is 11.3 Å². The van der Waals surface area contributed by atoms with E-state index in [9.17, 15) is 9.59 Å². The summed E-state index contributed by atoms with van der Waals surface area (Å²) in [6, 6.07) is 14.4. The molecule has 2 N–H and O–H groups in total. The summed E-state index contributed by atoms with van der Waals surface area (Å²) in [4.78, 5) is 23.3. The minimum absolute atomic E-state index is 0.146. The smallest absolute Gasteiger partial charge is 0.251 e. The lowest BCUT2D eigenvalue weighted by molar-refractivity contribution is -0.114. The van der Waals surface area contributed by atoms with Gasteiger partial charge in [0, 0.05) is 30.3 Å². The first-order valence-corrected chi connectivity index (χ1v) is 8.17. The highest BCUT2D eigenvalue weighted by Gasteiger charge is 2.15. The van der Waals surface area contributed by atoms with Gasteiger partial charge in [0.2, 0.25) is 5.91 Å². The van der Waals surface area contributed by atoms with Crippen LogP contribution in [-0.2, 0) is 11.3 Å². The van der Waals surface area contributed by atoms with Gasteiger partial charge in [0.15, 0.2) is 0 Å². The molecule has 2 amide bonds. The molecule has 5 nitrogen and oxygen atoms in total. The van der Waals surface area contributed by atoms with Crippen molar-refractivity contribution in [2.24, 2.45) is 0 Å². The largest absolute Gasteiger partial charge is 0.488 e. The number of rotatable bonds is 5. The summed E-state index contributed by atoms with van der Waals surface area (Å²) in [6.07, 6.45) is 0. The van der Waals surface area contributed by atoms with Crippen LogP contribution in [0.2, 0.25) is 0 Å². The van der Waals surface area contributed by atoms with E-state index in [2.05, 4.69) is 10.6 Å². The van der Waals surface area contributed by atoms with E-state index in [4.69, 9.17) is 4.74 Å². The average molecular weight is 340 g/mol. The number of para-hydroxylation sites is 1. The highest BCUT2D eigenvalue weighted by Crippen LogP contribution is 2.23. The van der Waals surface area contributed by atoms with Crippen LogP contribution in [0.15, 0.2) is 48.5 Å². The number of ether oxygens (including phenoxy) is 1. The van der Waals surface area contributed by atoms with Crippen LogP contribution in [0.5, 0.6) is 5.75 Å². The first-order valence-electron chi connectivity index (χ1n) is 8.17. The molecule has 0 aromatic heterocycles. The summed E-state index contributed by atoms with van der Waals surface area (Å²) in [6.45, 7) is 7.77. The third kappa shape index (κ3) is 5.95. The predicted molar refractivity (Wildman–Crippen MR) is 98.7 cm³/mol. The van der Waals surface area contributed by atoms with Crippen molar-refractivity contribution < 1.29 is 14.3 Å². The third-order valence-corrected chi connectivity index (χ3v) is 3.30. The van der Waals surface area contributed by atoms with Gasteiger partial charge >= 0.3 is 0 Å². The zero-order valence-electron chi connectivity index (χ0n) is 15.1. The molecule has 0 saturated carbocycles. The van der Waals surface area contributed by atoms with Gasteiger partial charge in [-0.25, -0.2) is 0 Å². The van der Waals surface area contributed by atoms with Crippen molar-refractivity contribution in [3.05, 3.63) is 59.7 Å². The van der Waals surface area contributed by atoms with Crippen LogP contribution in [-0.4, -0.2) is 17.4 Å². The van der Waals surface area contributed by atoms with Crippen molar-refractivity contribution in [3.8, 4) is 5.75 Å². The monoisotopic (exact) mass is 340 g/mol. The molecule has 0 spiro atoms. The number of carbonyl (C=O) groups is 2. The molecule has 0 radical (unpaired) electrons. The van der Waals surface area contributed by atoms with Crippen LogP contribution in [0.25, 0.3) is 0 Å². The Morgan fingerprint density at radius 1 is 1.00 bits per heavy atom. The normalized spacial score (nSPS) is 10.9. The van der Waals surface area contributed by atoms with Gasteiger partial charge in [-0.15, -0.1) is 0 Å². The fraction of sp³-hybridized carbons (Fsp3) is 0.300. The Bertz CT molecular complexity index is 746. The number of anilines is 1. The molecule has 0 aliphatic heterocycles. The summed E-state index contributed by atoms with van der Waals surface area (Å²) in [5.74, 6) is 0.434. The van der Waals surface area contributed by atoms with Gasteiger partial charge in [-0.05, 0) is 51.1 Å². The van der Waals surface area contributed by atoms with E-state index in [1.165, 1.54) is 6.92 Å². The Kier molecular flexibility index (Phi) is 5.80. The van der Waals surface area contributed by atoms with E-state index in [0.29, 0.717) is 17.8 Å². The molecule has 2 aromatic carbocycles. The summed E-state index contributed by atoms with van der Waals surface area (Å²) in [5, 5.41) is 5.57. The molecular weight excluding hydrogens is 316 g/mol. The summed E-state index contributed by atoms with van der Waals surface area (Å²) in [5.41, 5.74) is 1.80.